The molecule has 2 aliphatic rings. The average molecular weight is 355 g/mol. The van der Waals surface area contributed by atoms with E-state index < -0.39 is 0 Å². The Kier molecular flexibility index (Phi) is 4.68. The van der Waals surface area contributed by atoms with Crippen molar-refractivity contribution in [2.24, 2.45) is 5.92 Å². The molecule has 26 heavy (non-hydrogen) atoms. The van der Waals surface area contributed by atoms with E-state index in [0.29, 0.717) is 17.5 Å². The van der Waals surface area contributed by atoms with Gasteiger partial charge in [0.05, 0.1) is 7.11 Å². The zero-order valence-corrected chi connectivity index (χ0v) is 15.3. The SMILES string of the molecule is COc1ccc(CN2CC(C)C(NC(=O)c3cc(C4CC4)on3)C2)cc1. The maximum absolute atomic E-state index is 12.5. The monoisotopic (exact) mass is 355 g/mol. The van der Waals surface area contributed by atoms with Crippen molar-refractivity contribution >= 4 is 5.91 Å². The fourth-order valence-corrected chi connectivity index (χ4v) is 3.57. The highest BCUT2D eigenvalue weighted by Crippen LogP contribution is 2.40. The van der Waals surface area contributed by atoms with E-state index in [1.54, 1.807) is 13.2 Å². The highest BCUT2D eigenvalue weighted by molar-refractivity contribution is 5.92. The van der Waals surface area contributed by atoms with Gasteiger partial charge in [0.15, 0.2) is 5.69 Å². The van der Waals surface area contributed by atoms with Crippen LogP contribution in [0, 0.1) is 5.92 Å². The van der Waals surface area contributed by atoms with E-state index in [1.165, 1.54) is 5.56 Å². The van der Waals surface area contributed by atoms with Crippen LogP contribution in [0.1, 0.15) is 47.5 Å². The van der Waals surface area contributed by atoms with Crippen LogP contribution in [0.25, 0.3) is 0 Å². The summed E-state index contributed by atoms with van der Waals surface area (Å²) in [5.41, 5.74) is 1.64. The standard InChI is InChI=1S/C20H25N3O3/c1-13-10-23(11-14-3-7-16(25-2)8-4-14)12-18(13)21-20(24)17-9-19(26-22-17)15-5-6-15/h3-4,7-9,13,15,18H,5-6,10-12H2,1-2H3,(H,21,24). The molecule has 4 rings (SSSR count). The Bertz CT molecular complexity index is 767. The molecule has 0 spiro atoms. The second-order valence-electron chi connectivity index (χ2n) is 7.49. The van der Waals surface area contributed by atoms with Crippen LogP contribution in [0.15, 0.2) is 34.9 Å². The Morgan fingerprint density at radius 2 is 2.08 bits per heavy atom. The summed E-state index contributed by atoms with van der Waals surface area (Å²) < 4.78 is 10.5. The van der Waals surface area contributed by atoms with Gasteiger partial charge in [0.25, 0.3) is 5.91 Å². The van der Waals surface area contributed by atoms with Crippen LogP contribution in [0.3, 0.4) is 0 Å². The number of likely N-dealkylation sites (tertiary alicyclic amines) is 1. The van der Waals surface area contributed by atoms with Gasteiger partial charge in [-0.05, 0) is 36.5 Å². The highest BCUT2D eigenvalue weighted by atomic mass is 16.5. The Labute approximate surface area is 153 Å². The molecular weight excluding hydrogens is 330 g/mol. The minimum Gasteiger partial charge on any atom is -0.497 e. The van der Waals surface area contributed by atoms with Gasteiger partial charge in [-0.1, -0.05) is 24.2 Å². The van der Waals surface area contributed by atoms with Gasteiger partial charge in [-0.15, -0.1) is 0 Å². The maximum Gasteiger partial charge on any atom is 0.273 e. The van der Waals surface area contributed by atoms with Gasteiger partial charge in [0.2, 0.25) is 0 Å². The van der Waals surface area contributed by atoms with Gasteiger partial charge >= 0.3 is 0 Å². The molecule has 6 nitrogen and oxygen atoms in total. The third-order valence-electron chi connectivity index (χ3n) is 5.31. The molecule has 2 fully saturated rings. The lowest BCUT2D eigenvalue weighted by Gasteiger charge is -2.17. The molecule has 1 aromatic carbocycles. The molecule has 2 heterocycles. The zero-order chi connectivity index (χ0) is 18.1. The van der Waals surface area contributed by atoms with Crippen molar-refractivity contribution < 1.29 is 14.1 Å². The Morgan fingerprint density at radius 3 is 2.77 bits per heavy atom. The van der Waals surface area contributed by atoms with Gasteiger partial charge in [-0.25, -0.2) is 0 Å². The number of amides is 1. The number of benzene rings is 1. The lowest BCUT2D eigenvalue weighted by Crippen LogP contribution is -2.39. The molecule has 0 radical (unpaired) electrons. The summed E-state index contributed by atoms with van der Waals surface area (Å²) in [6.07, 6.45) is 2.27. The molecule has 2 atom stereocenters. The Hall–Kier alpha value is -2.34. The van der Waals surface area contributed by atoms with E-state index >= 15 is 0 Å². The molecule has 1 amide bonds. The quantitative estimate of drug-likeness (QED) is 0.863. The first-order chi connectivity index (χ1) is 12.6. The number of rotatable bonds is 6. The van der Waals surface area contributed by atoms with Crippen LogP contribution >= 0.6 is 0 Å². The summed E-state index contributed by atoms with van der Waals surface area (Å²) in [5.74, 6) is 2.44. The summed E-state index contributed by atoms with van der Waals surface area (Å²) in [4.78, 5) is 14.8. The van der Waals surface area contributed by atoms with Crippen molar-refractivity contribution in [1.82, 2.24) is 15.4 Å². The molecule has 1 N–H and O–H groups in total. The van der Waals surface area contributed by atoms with Crippen molar-refractivity contribution in [2.75, 3.05) is 20.2 Å². The van der Waals surface area contributed by atoms with Crippen LogP contribution in [-0.4, -0.2) is 42.2 Å². The first-order valence-corrected chi connectivity index (χ1v) is 9.25. The summed E-state index contributed by atoms with van der Waals surface area (Å²) in [6, 6.07) is 10.1. The molecule has 1 saturated carbocycles. The van der Waals surface area contributed by atoms with E-state index in [0.717, 1.165) is 44.0 Å². The topological polar surface area (TPSA) is 67.6 Å². The molecule has 1 aliphatic heterocycles. The lowest BCUT2D eigenvalue weighted by atomic mass is 10.1. The largest absolute Gasteiger partial charge is 0.497 e. The number of methoxy groups -OCH3 is 1. The van der Waals surface area contributed by atoms with Gasteiger partial charge in [-0.3, -0.25) is 9.69 Å². The van der Waals surface area contributed by atoms with Crippen LogP contribution in [0.5, 0.6) is 5.75 Å². The van der Waals surface area contributed by atoms with Gasteiger partial charge in [0.1, 0.15) is 11.5 Å². The molecule has 2 aromatic rings. The van der Waals surface area contributed by atoms with Crippen molar-refractivity contribution in [3.05, 3.63) is 47.3 Å². The third-order valence-corrected chi connectivity index (χ3v) is 5.31. The van der Waals surface area contributed by atoms with E-state index in [2.05, 4.69) is 34.4 Å². The normalized spacial score (nSPS) is 23.2. The van der Waals surface area contributed by atoms with Gasteiger partial charge < -0.3 is 14.6 Å². The van der Waals surface area contributed by atoms with Crippen LogP contribution in [-0.2, 0) is 6.54 Å². The number of nitrogens with zero attached hydrogens (tertiary/aromatic N) is 2. The molecule has 1 aromatic heterocycles. The van der Waals surface area contributed by atoms with Crippen LogP contribution in [0.2, 0.25) is 0 Å². The number of hydrogen-bond acceptors (Lipinski definition) is 5. The predicted octanol–water partition coefficient (Wildman–Crippen LogP) is 2.81. The number of aromatic nitrogens is 1. The minimum absolute atomic E-state index is 0.127. The first-order valence-electron chi connectivity index (χ1n) is 9.25. The number of ether oxygens (including phenoxy) is 1. The molecule has 6 heteroatoms. The number of nitrogens with one attached hydrogen (secondary N) is 1. The van der Waals surface area contributed by atoms with Crippen molar-refractivity contribution in [2.45, 2.75) is 38.3 Å². The molecular formula is C20H25N3O3. The molecule has 0 bridgehead atoms. The fraction of sp³-hybridized carbons (Fsp3) is 0.500. The average Bonchev–Trinajstić information content (AvgIpc) is 3.27. The number of hydrogen-bond donors (Lipinski definition) is 1. The number of carbonyl (C=O) groups excluding carboxylic acids is 1. The van der Waals surface area contributed by atoms with Crippen LogP contribution < -0.4 is 10.1 Å². The summed E-state index contributed by atoms with van der Waals surface area (Å²) in [6.45, 7) is 4.85. The van der Waals surface area contributed by atoms with Gasteiger partial charge in [0, 0.05) is 37.7 Å². The summed E-state index contributed by atoms with van der Waals surface area (Å²) in [5, 5.41) is 7.06. The fourth-order valence-electron chi connectivity index (χ4n) is 3.57. The van der Waals surface area contributed by atoms with E-state index in [-0.39, 0.29) is 11.9 Å². The first kappa shape index (κ1) is 17.1. The van der Waals surface area contributed by atoms with E-state index in [4.69, 9.17) is 9.26 Å². The molecule has 2 unspecified atom stereocenters. The summed E-state index contributed by atoms with van der Waals surface area (Å²) >= 11 is 0. The van der Waals surface area contributed by atoms with Crippen LogP contribution in [0.4, 0.5) is 0 Å². The number of carbonyl (C=O) groups is 1. The second kappa shape index (κ2) is 7.11. The lowest BCUT2D eigenvalue weighted by molar-refractivity contribution is 0.0922. The molecule has 1 aliphatic carbocycles. The Balaban J connectivity index is 1.33. The van der Waals surface area contributed by atoms with Gasteiger partial charge in [-0.2, -0.15) is 0 Å². The van der Waals surface area contributed by atoms with E-state index in [9.17, 15) is 4.79 Å². The Morgan fingerprint density at radius 1 is 1.31 bits per heavy atom. The smallest absolute Gasteiger partial charge is 0.273 e. The minimum atomic E-state index is -0.135. The van der Waals surface area contributed by atoms with E-state index in [1.807, 2.05) is 12.1 Å². The summed E-state index contributed by atoms with van der Waals surface area (Å²) in [7, 11) is 1.67. The zero-order valence-electron chi connectivity index (χ0n) is 15.3. The molecule has 1 saturated heterocycles. The molecule has 138 valence electrons. The van der Waals surface area contributed by atoms with Crippen molar-refractivity contribution in [1.29, 1.82) is 0 Å². The van der Waals surface area contributed by atoms with Crippen molar-refractivity contribution in [3.8, 4) is 5.75 Å². The highest BCUT2D eigenvalue weighted by Gasteiger charge is 2.33. The predicted molar refractivity (Wildman–Crippen MR) is 97.2 cm³/mol. The van der Waals surface area contributed by atoms with Crippen molar-refractivity contribution in [3.63, 3.8) is 0 Å². The second-order valence-corrected chi connectivity index (χ2v) is 7.49. The maximum atomic E-state index is 12.5. The third kappa shape index (κ3) is 3.75.